The predicted molar refractivity (Wildman–Crippen MR) is 59.4 cm³/mol. The molecule has 1 aromatic heterocycles. The maximum Gasteiger partial charge on any atom is 0.0960 e. The van der Waals surface area contributed by atoms with Crippen molar-refractivity contribution in [2.75, 3.05) is 0 Å². The molecule has 1 unspecified atom stereocenters. The molecular weight excluding hydrogens is 172 g/mol. The van der Waals surface area contributed by atoms with E-state index in [2.05, 4.69) is 41.6 Å². The second-order valence-corrected chi connectivity index (χ2v) is 3.78. The van der Waals surface area contributed by atoms with E-state index in [9.17, 15) is 0 Å². The van der Waals surface area contributed by atoms with Crippen LogP contribution in [0, 0.1) is 0 Å². The van der Waals surface area contributed by atoms with Gasteiger partial charge < -0.3 is 4.57 Å². The zero-order valence-corrected chi connectivity index (χ0v) is 8.77. The molecule has 0 N–H and O–H groups in total. The first-order chi connectivity index (χ1) is 6.83. The Morgan fingerprint density at radius 2 is 2.14 bits per heavy atom. The summed E-state index contributed by atoms with van der Waals surface area (Å²) in [5.41, 5.74) is 2.34. The standard InChI is InChI=1S/C12H16N2/c1-3-6-10(2)14-9-13-11-7-4-5-8-12(11)14/h4-5,7-10H,3,6H2,1-2H3. The van der Waals surface area contributed by atoms with Gasteiger partial charge in [0.25, 0.3) is 0 Å². The van der Waals surface area contributed by atoms with Crippen LogP contribution in [0.2, 0.25) is 0 Å². The summed E-state index contributed by atoms with van der Waals surface area (Å²) in [4.78, 5) is 4.38. The van der Waals surface area contributed by atoms with Crippen molar-refractivity contribution >= 4 is 11.0 Å². The number of hydrogen-bond donors (Lipinski definition) is 0. The third-order valence-electron chi connectivity index (χ3n) is 2.66. The van der Waals surface area contributed by atoms with Gasteiger partial charge in [0.1, 0.15) is 0 Å². The Balaban J connectivity index is 2.42. The molecule has 0 saturated heterocycles. The lowest BCUT2D eigenvalue weighted by Gasteiger charge is -2.12. The average molecular weight is 188 g/mol. The number of fused-ring (bicyclic) bond motifs is 1. The number of hydrogen-bond acceptors (Lipinski definition) is 1. The van der Waals surface area contributed by atoms with Crippen LogP contribution in [0.25, 0.3) is 11.0 Å². The highest BCUT2D eigenvalue weighted by molar-refractivity contribution is 5.75. The van der Waals surface area contributed by atoms with Crippen molar-refractivity contribution in [3.05, 3.63) is 30.6 Å². The van der Waals surface area contributed by atoms with Crippen LogP contribution in [0.5, 0.6) is 0 Å². The lowest BCUT2D eigenvalue weighted by atomic mass is 10.2. The third kappa shape index (κ3) is 1.52. The number of nitrogens with zero attached hydrogens (tertiary/aromatic N) is 2. The predicted octanol–water partition coefficient (Wildman–Crippen LogP) is 3.40. The summed E-state index contributed by atoms with van der Waals surface area (Å²) < 4.78 is 2.26. The Morgan fingerprint density at radius 1 is 1.36 bits per heavy atom. The van der Waals surface area contributed by atoms with Gasteiger partial charge in [-0.1, -0.05) is 25.5 Å². The average Bonchev–Trinajstić information content (AvgIpc) is 2.61. The van der Waals surface area contributed by atoms with Crippen molar-refractivity contribution in [2.24, 2.45) is 0 Å². The van der Waals surface area contributed by atoms with Gasteiger partial charge in [0.05, 0.1) is 17.4 Å². The van der Waals surface area contributed by atoms with Gasteiger partial charge in [-0.15, -0.1) is 0 Å². The fourth-order valence-electron chi connectivity index (χ4n) is 1.89. The highest BCUT2D eigenvalue weighted by Crippen LogP contribution is 2.20. The van der Waals surface area contributed by atoms with E-state index in [-0.39, 0.29) is 0 Å². The highest BCUT2D eigenvalue weighted by atomic mass is 15.1. The van der Waals surface area contributed by atoms with E-state index in [1.54, 1.807) is 0 Å². The van der Waals surface area contributed by atoms with Crippen molar-refractivity contribution < 1.29 is 0 Å². The molecule has 1 atom stereocenters. The van der Waals surface area contributed by atoms with Crippen LogP contribution in [-0.2, 0) is 0 Å². The first-order valence-electron chi connectivity index (χ1n) is 5.24. The molecule has 0 saturated carbocycles. The van der Waals surface area contributed by atoms with Crippen LogP contribution in [0.15, 0.2) is 30.6 Å². The fraction of sp³-hybridized carbons (Fsp3) is 0.417. The Kier molecular flexibility index (Phi) is 2.53. The van der Waals surface area contributed by atoms with E-state index in [0.29, 0.717) is 6.04 Å². The summed E-state index contributed by atoms with van der Waals surface area (Å²) in [5.74, 6) is 0. The molecule has 2 aromatic rings. The van der Waals surface area contributed by atoms with Crippen molar-refractivity contribution in [1.82, 2.24) is 9.55 Å². The normalized spacial score (nSPS) is 13.3. The minimum Gasteiger partial charge on any atom is -0.328 e. The molecule has 0 aliphatic heterocycles. The van der Waals surface area contributed by atoms with Gasteiger partial charge in [0.2, 0.25) is 0 Å². The Labute approximate surface area is 84.6 Å². The molecule has 2 rings (SSSR count). The number of benzene rings is 1. The van der Waals surface area contributed by atoms with Gasteiger partial charge in [0, 0.05) is 6.04 Å². The van der Waals surface area contributed by atoms with Gasteiger partial charge in [-0.3, -0.25) is 0 Å². The van der Waals surface area contributed by atoms with E-state index in [0.717, 1.165) is 5.52 Å². The van der Waals surface area contributed by atoms with E-state index in [1.807, 2.05) is 12.4 Å². The van der Waals surface area contributed by atoms with E-state index >= 15 is 0 Å². The van der Waals surface area contributed by atoms with Crippen LogP contribution < -0.4 is 0 Å². The van der Waals surface area contributed by atoms with Gasteiger partial charge in [-0.2, -0.15) is 0 Å². The summed E-state index contributed by atoms with van der Waals surface area (Å²) in [6.07, 6.45) is 4.37. The van der Waals surface area contributed by atoms with Crippen LogP contribution in [-0.4, -0.2) is 9.55 Å². The van der Waals surface area contributed by atoms with Gasteiger partial charge in [-0.05, 0) is 25.5 Å². The number of aromatic nitrogens is 2. The van der Waals surface area contributed by atoms with Crippen molar-refractivity contribution in [1.29, 1.82) is 0 Å². The van der Waals surface area contributed by atoms with E-state index in [4.69, 9.17) is 0 Å². The minimum atomic E-state index is 0.549. The fourth-order valence-corrected chi connectivity index (χ4v) is 1.89. The quantitative estimate of drug-likeness (QED) is 0.721. The number of imidazole rings is 1. The molecule has 14 heavy (non-hydrogen) atoms. The van der Waals surface area contributed by atoms with E-state index in [1.165, 1.54) is 18.4 Å². The van der Waals surface area contributed by atoms with Gasteiger partial charge in [0.15, 0.2) is 0 Å². The van der Waals surface area contributed by atoms with Crippen molar-refractivity contribution in [3.63, 3.8) is 0 Å². The Hall–Kier alpha value is -1.31. The molecule has 1 aromatic carbocycles. The number of rotatable bonds is 3. The summed E-state index contributed by atoms with van der Waals surface area (Å²) in [5, 5.41) is 0. The highest BCUT2D eigenvalue weighted by Gasteiger charge is 2.06. The molecule has 74 valence electrons. The SMILES string of the molecule is CCCC(C)n1cnc2ccccc21. The summed E-state index contributed by atoms with van der Waals surface area (Å²) in [6.45, 7) is 4.47. The van der Waals surface area contributed by atoms with Crippen molar-refractivity contribution in [2.45, 2.75) is 32.7 Å². The van der Waals surface area contributed by atoms with Crippen LogP contribution in [0.4, 0.5) is 0 Å². The molecule has 1 heterocycles. The van der Waals surface area contributed by atoms with Crippen LogP contribution >= 0.6 is 0 Å². The third-order valence-corrected chi connectivity index (χ3v) is 2.66. The topological polar surface area (TPSA) is 17.8 Å². The molecule has 0 bridgehead atoms. The van der Waals surface area contributed by atoms with Gasteiger partial charge >= 0.3 is 0 Å². The smallest absolute Gasteiger partial charge is 0.0960 e. The number of para-hydroxylation sites is 2. The maximum absolute atomic E-state index is 4.38. The largest absolute Gasteiger partial charge is 0.328 e. The molecule has 2 heteroatoms. The molecule has 0 radical (unpaired) electrons. The molecule has 0 aliphatic carbocycles. The zero-order chi connectivity index (χ0) is 9.97. The first-order valence-corrected chi connectivity index (χ1v) is 5.24. The molecule has 0 fully saturated rings. The second kappa shape index (κ2) is 3.82. The maximum atomic E-state index is 4.38. The summed E-state index contributed by atoms with van der Waals surface area (Å²) in [6, 6.07) is 8.84. The monoisotopic (exact) mass is 188 g/mol. The Bertz CT molecular complexity index is 417. The molecule has 2 nitrogen and oxygen atoms in total. The lowest BCUT2D eigenvalue weighted by molar-refractivity contribution is 0.512. The lowest BCUT2D eigenvalue weighted by Crippen LogP contribution is -2.02. The summed E-state index contributed by atoms with van der Waals surface area (Å²) >= 11 is 0. The molecule has 0 amide bonds. The molecule has 0 spiro atoms. The van der Waals surface area contributed by atoms with Gasteiger partial charge in [-0.25, -0.2) is 4.98 Å². The molecule has 0 aliphatic rings. The summed E-state index contributed by atoms with van der Waals surface area (Å²) in [7, 11) is 0. The van der Waals surface area contributed by atoms with Crippen molar-refractivity contribution in [3.8, 4) is 0 Å². The zero-order valence-electron chi connectivity index (χ0n) is 8.77. The minimum absolute atomic E-state index is 0.549. The van der Waals surface area contributed by atoms with Crippen LogP contribution in [0.3, 0.4) is 0 Å². The first kappa shape index (κ1) is 9.25. The molecular formula is C12H16N2. The van der Waals surface area contributed by atoms with E-state index < -0.39 is 0 Å². The Morgan fingerprint density at radius 3 is 2.93 bits per heavy atom. The second-order valence-electron chi connectivity index (χ2n) is 3.78. The van der Waals surface area contributed by atoms with Crippen LogP contribution in [0.1, 0.15) is 32.7 Å².